The van der Waals surface area contributed by atoms with Gasteiger partial charge in [-0.25, -0.2) is 0 Å². The van der Waals surface area contributed by atoms with Gasteiger partial charge in [0.2, 0.25) is 0 Å². The Hall–Kier alpha value is -1.22. The van der Waals surface area contributed by atoms with Crippen LogP contribution in [0.1, 0.15) is 24.0 Å². The van der Waals surface area contributed by atoms with Crippen molar-refractivity contribution < 1.29 is 4.74 Å². The minimum atomic E-state index is 0.159. The summed E-state index contributed by atoms with van der Waals surface area (Å²) < 4.78 is 5.94. The standard InChI is InChI=1S/C18H21Cl2NO/c1-13(14-7-5-4-6-8-14)16-11-15(19)12-17(20)18(16)22-10-9-21(2)3/h4-8,11-13H,9-10H2,1-3H3. The van der Waals surface area contributed by atoms with E-state index in [-0.39, 0.29) is 5.92 Å². The number of hydrogen-bond acceptors (Lipinski definition) is 2. The van der Waals surface area contributed by atoms with E-state index in [4.69, 9.17) is 27.9 Å². The van der Waals surface area contributed by atoms with E-state index < -0.39 is 0 Å². The first-order valence-electron chi connectivity index (χ1n) is 7.30. The smallest absolute Gasteiger partial charge is 0.141 e. The summed E-state index contributed by atoms with van der Waals surface area (Å²) in [4.78, 5) is 2.07. The Balaban J connectivity index is 2.32. The van der Waals surface area contributed by atoms with E-state index in [9.17, 15) is 0 Å². The van der Waals surface area contributed by atoms with Crippen molar-refractivity contribution in [1.82, 2.24) is 4.90 Å². The molecule has 118 valence electrons. The molecule has 0 fully saturated rings. The minimum absolute atomic E-state index is 0.159. The first kappa shape index (κ1) is 17.1. The second-order valence-electron chi connectivity index (χ2n) is 5.59. The lowest BCUT2D eigenvalue weighted by atomic mass is 9.92. The highest BCUT2D eigenvalue weighted by Crippen LogP contribution is 2.39. The number of rotatable bonds is 6. The number of ether oxygens (including phenoxy) is 1. The zero-order valence-corrected chi connectivity index (χ0v) is 14.7. The number of halogens is 2. The van der Waals surface area contributed by atoms with Crippen LogP contribution in [0.3, 0.4) is 0 Å². The van der Waals surface area contributed by atoms with Gasteiger partial charge in [0.05, 0.1) is 5.02 Å². The van der Waals surface area contributed by atoms with Gasteiger partial charge in [-0.2, -0.15) is 0 Å². The molecule has 0 aliphatic carbocycles. The van der Waals surface area contributed by atoms with E-state index in [0.717, 1.165) is 17.9 Å². The van der Waals surface area contributed by atoms with Crippen molar-refractivity contribution in [2.45, 2.75) is 12.8 Å². The molecule has 0 aliphatic rings. The molecule has 0 aromatic heterocycles. The Bertz CT molecular complexity index is 614. The molecule has 0 amide bonds. The largest absolute Gasteiger partial charge is 0.490 e. The van der Waals surface area contributed by atoms with Crippen LogP contribution < -0.4 is 4.74 Å². The van der Waals surface area contributed by atoms with Gasteiger partial charge < -0.3 is 9.64 Å². The third-order valence-corrected chi connectivity index (χ3v) is 4.09. The van der Waals surface area contributed by atoms with Crippen LogP contribution in [0.5, 0.6) is 5.75 Å². The van der Waals surface area contributed by atoms with E-state index in [2.05, 4.69) is 24.0 Å². The lowest BCUT2D eigenvalue weighted by Gasteiger charge is -2.20. The molecule has 2 rings (SSSR count). The molecular weight excluding hydrogens is 317 g/mol. The van der Waals surface area contributed by atoms with Crippen LogP contribution in [0.15, 0.2) is 42.5 Å². The normalized spacial score (nSPS) is 12.5. The van der Waals surface area contributed by atoms with Gasteiger partial charge in [0.1, 0.15) is 12.4 Å². The Morgan fingerprint density at radius 3 is 2.41 bits per heavy atom. The Labute approximate surface area is 142 Å². The van der Waals surface area contributed by atoms with Gasteiger partial charge in [-0.05, 0) is 31.8 Å². The molecule has 0 saturated carbocycles. The summed E-state index contributed by atoms with van der Waals surface area (Å²) in [6.07, 6.45) is 0. The molecule has 0 N–H and O–H groups in total. The van der Waals surface area contributed by atoms with Crippen LogP contribution in [-0.4, -0.2) is 32.1 Å². The maximum Gasteiger partial charge on any atom is 0.141 e. The maximum absolute atomic E-state index is 6.36. The van der Waals surface area contributed by atoms with Crippen molar-refractivity contribution in [3.05, 3.63) is 63.6 Å². The highest BCUT2D eigenvalue weighted by atomic mass is 35.5. The molecule has 4 heteroatoms. The average molecular weight is 338 g/mol. The molecule has 0 saturated heterocycles. The van der Waals surface area contributed by atoms with Crippen LogP contribution in [0.4, 0.5) is 0 Å². The summed E-state index contributed by atoms with van der Waals surface area (Å²) >= 11 is 12.5. The SMILES string of the molecule is CC(c1ccccc1)c1cc(Cl)cc(Cl)c1OCCN(C)C. The summed E-state index contributed by atoms with van der Waals surface area (Å²) in [7, 11) is 4.03. The van der Waals surface area contributed by atoms with Crippen LogP contribution in [-0.2, 0) is 0 Å². The van der Waals surface area contributed by atoms with Crippen molar-refractivity contribution >= 4 is 23.2 Å². The molecule has 2 aromatic rings. The third-order valence-electron chi connectivity index (χ3n) is 3.59. The van der Waals surface area contributed by atoms with E-state index in [1.807, 2.05) is 38.4 Å². The summed E-state index contributed by atoms with van der Waals surface area (Å²) in [6, 6.07) is 13.9. The molecule has 2 nitrogen and oxygen atoms in total. The molecule has 1 atom stereocenters. The summed E-state index contributed by atoms with van der Waals surface area (Å²) in [5.74, 6) is 0.885. The highest BCUT2D eigenvalue weighted by molar-refractivity contribution is 6.35. The lowest BCUT2D eigenvalue weighted by Crippen LogP contribution is -2.20. The molecule has 0 heterocycles. The van der Waals surface area contributed by atoms with Gasteiger partial charge in [-0.15, -0.1) is 0 Å². The second kappa shape index (κ2) is 7.87. The zero-order chi connectivity index (χ0) is 16.1. The van der Waals surface area contributed by atoms with Gasteiger partial charge in [0.25, 0.3) is 0 Å². The fourth-order valence-corrected chi connectivity index (χ4v) is 2.87. The first-order chi connectivity index (χ1) is 10.5. The number of likely N-dealkylation sites (N-methyl/N-ethyl adjacent to an activating group) is 1. The van der Waals surface area contributed by atoms with Gasteiger partial charge in [0.15, 0.2) is 0 Å². The number of hydrogen-bond donors (Lipinski definition) is 0. The first-order valence-corrected chi connectivity index (χ1v) is 8.06. The fraction of sp³-hybridized carbons (Fsp3) is 0.333. The molecule has 22 heavy (non-hydrogen) atoms. The Morgan fingerprint density at radius 2 is 1.77 bits per heavy atom. The van der Waals surface area contributed by atoms with Crippen molar-refractivity contribution in [2.75, 3.05) is 27.2 Å². The maximum atomic E-state index is 6.36. The molecule has 0 bridgehead atoms. The topological polar surface area (TPSA) is 12.5 Å². The lowest BCUT2D eigenvalue weighted by molar-refractivity contribution is 0.259. The summed E-state index contributed by atoms with van der Waals surface area (Å²) in [5.41, 5.74) is 2.22. The van der Waals surface area contributed by atoms with E-state index in [1.54, 1.807) is 6.07 Å². The van der Waals surface area contributed by atoms with Crippen LogP contribution >= 0.6 is 23.2 Å². The molecule has 0 spiro atoms. The molecule has 0 radical (unpaired) electrons. The summed E-state index contributed by atoms with van der Waals surface area (Å²) in [6.45, 7) is 3.55. The van der Waals surface area contributed by atoms with E-state index in [0.29, 0.717) is 16.7 Å². The van der Waals surface area contributed by atoms with Crippen LogP contribution in [0, 0.1) is 0 Å². The van der Waals surface area contributed by atoms with Crippen molar-refractivity contribution in [2.24, 2.45) is 0 Å². The summed E-state index contributed by atoms with van der Waals surface area (Å²) in [5, 5.41) is 1.19. The molecule has 1 unspecified atom stereocenters. The molecule has 0 aliphatic heterocycles. The third kappa shape index (κ3) is 4.39. The Morgan fingerprint density at radius 1 is 1.09 bits per heavy atom. The van der Waals surface area contributed by atoms with Gasteiger partial charge in [-0.1, -0.05) is 60.5 Å². The Kier molecular flexibility index (Phi) is 6.13. The second-order valence-corrected chi connectivity index (χ2v) is 6.43. The van der Waals surface area contributed by atoms with Gasteiger partial charge in [-0.3, -0.25) is 0 Å². The highest BCUT2D eigenvalue weighted by Gasteiger charge is 2.18. The quantitative estimate of drug-likeness (QED) is 0.728. The van der Waals surface area contributed by atoms with Crippen molar-refractivity contribution in [3.63, 3.8) is 0 Å². The number of nitrogens with zero attached hydrogens (tertiary/aromatic N) is 1. The zero-order valence-electron chi connectivity index (χ0n) is 13.1. The monoisotopic (exact) mass is 337 g/mol. The predicted molar refractivity (Wildman–Crippen MR) is 94.5 cm³/mol. The molecule has 2 aromatic carbocycles. The van der Waals surface area contributed by atoms with Crippen LogP contribution in [0.2, 0.25) is 10.0 Å². The van der Waals surface area contributed by atoms with Crippen molar-refractivity contribution in [1.29, 1.82) is 0 Å². The number of benzene rings is 2. The van der Waals surface area contributed by atoms with E-state index >= 15 is 0 Å². The van der Waals surface area contributed by atoms with Gasteiger partial charge in [0, 0.05) is 23.0 Å². The molecular formula is C18H21Cl2NO. The van der Waals surface area contributed by atoms with E-state index in [1.165, 1.54) is 5.56 Å². The van der Waals surface area contributed by atoms with Crippen molar-refractivity contribution in [3.8, 4) is 5.75 Å². The van der Waals surface area contributed by atoms with Crippen LogP contribution in [0.25, 0.3) is 0 Å². The average Bonchev–Trinajstić information content (AvgIpc) is 2.49. The minimum Gasteiger partial charge on any atom is -0.490 e. The predicted octanol–water partition coefficient (Wildman–Crippen LogP) is 5.09. The fourth-order valence-electron chi connectivity index (χ4n) is 2.31. The van der Waals surface area contributed by atoms with Gasteiger partial charge >= 0.3 is 0 Å².